The van der Waals surface area contributed by atoms with Crippen molar-refractivity contribution in [3.8, 4) is 0 Å². The zero-order chi connectivity index (χ0) is 9.42. The van der Waals surface area contributed by atoms with Crippen molar-refractivity contribution in [2.45, 2.75) is 31.1 Å². The van der Waals surface area contributed by atoms with E-state index in [-0.39, 0.29) is 12.6 Å². The molecule has 1 saturated carbocycles. The number of hydrogen-bond acceptors (Lipinski definition) is 4. The minimum atomic E-state index is -0.774. The lowest BCUT2D eigenvalue weighted by Crippen LogP contribution is -2.39. The van der Waals surface area contributed by atoms with Crippen LogP contribution in [0, 0.1) is 5.92 Å². The fourth-order valence-electron chi connectivity index (χ4n) is 2.02. The quantitative estimate of drug-likeness (QED) is 0.519. The number of nitrogens with zero attached hydrogens (tertiary/aromatic N) is 1. The van der Waals surface area contributed by atoms with E-state index in [2.05, 4.69) is 0 Å². The van der Waals surface area contributed by atoms with Gasteiger partial charge >= 0.3 is 0 Å². The van der Waals surface area contributed by atoms with Crippen molar-refractivity contribution in [3.63, 3.8) is 0 Å². The molecule has 0 aromatic carbocycles. The summed E-state index contributed by atoms with van der Waals surface area (Å²) in [4.78, 5) is 2.01. The predicted octanol–water partition coefficient (Wildman–Crippen LogP) is -1.21. The van der Waals surface area contributed by atoms with E-state index in [0.29, 0.717) is 6.54 Å². The van der Waals surface area contributed by atoms with Crippen molar-refractivity contribution in [2.24, 2.45) is 5.92 Å². The number of β-amino-alcohol motifs (C(OH)–C–C–N with tert-alkyl or cyclic N) is 1. The largest absolute Gasteiger partial charge is 0.395 e. The van der Waals surface area contributed by atoms with Crippen LogP contribution in [0.4, 0.5) is 0 Å². The first-order valence-electron chi connectivity index (χ1n) is 4.93. The molecule has 0 bridgehead atoms. The summed E-state index contributed by atoms with van der Waals surface area (Å²) in [5.74, 6) is 0.728. The van der Waals surface area contributed by atoms with Crippen molar-refractivity contribution in [3.05, 3.63) is 0 Å². The Kier molecular flexibility index (Phi) is 2.55. The van der Waals surface area contributed by atoms with Crippen molar-refractivity contribution in [1.82, 2.24) is 4.90 Å². The lowest BCUT2D eigenvalue weighted by Gasteiger charge is -2.23. The van der Waals surface area contributed by atoms with Crippen LogP contribution in [0.25, 0.3) is 0 Å². The minimum absolute atomic E-state index is 0.0645. The molecule has 76 valence electrons. The molecule has 2 fully saturated rings. The van der Waals surface area contributed by atoms with E-state index in [1.807, 2.05) is 4.90 Å². The number of likely N-dealkylation sites (tertiary alicyclic amines) is 1. The highest BCUT2D eigenvalue weighted by atomic mass is 16.3. The maximum atomic E-state index is 9.51. The van der Waals surface area contributed by atoms with E-state index >= 15 is 0 Å². The Bertz CT molecular complexity index is 182. The average molecular weight is 187 g/mol. The summed E-state index contributed by atoms with van der Waals surface area (Å²) in [6.07, 6.45) is 1.04. The molecule has 1 saturated heterocycles. The topological polar surface area (TPSA) is 63.9 Å². The molecule has 4 heteroatoms. The van der Waals surface area contributed by atoms with Gasteiger partial charge in [-0.3, -0.25) is 4.90 Å². The molecule has 0 spiro atoms. The SMILES string of the molecule is OCC1[C@H](O)[C@H](O)CN1CC1CC1. The van der Waals surface area contributed by atoms with Gasteiger partial charge in [-0.1, -0.05) is 0 Å². The smallest absolute Gasteiger partial charge is 0.0988 e. The van der Waals surface area contributed by atoms with Gasteiger partial charge < -0.3 is 15.3 Å². The van der Waals surface area contributed by atoms with Crippen LogP contribution in [0.3, 0.4) is 0 Å². The zero-order valence-corrected chi connectivity index (χ0v) is 7.63. The van der Waals surface area contributed by atoms with Gasteiger partial charge in [0.25, 0.3) is 0 Å². The summed E-state index contributed by atoms with van der Waals surface area (Å²) >= 11 is 0. The first-order chi connectivity index (χ1) is 6.22. The summed E-state index contributed by atoms with van der Waals surface area (Å²) in [7, 11) is 0. The summed E-state index contributed by atoms with van der Waals surface area (Å²) in [5, 5.41) is 28.0. The fraction of sp³-hybridized carbons (Fsp3) is 1.00. The first-order valence-corrected chi connectivity index (χ1v) is 4.93. The molecule has 3 N–H and O–H groups in total. The summed E-state index contributed by atoms with van der Waals surface area (Å²) < 4.78 is 0. The molecular weight excluding hydrogens is 170 g/mol. The number of aliphatic hydroxyl groups excluding tert-OH is 3. The third-order valence-electron chi connectivity index (χ3n) is 3.06. The first kappa shape index (κ1) is 9.40. The Morgan fingerprint density at radius 3 is 2.46 bits per heavy atom. The third kappa shape index (κ3) is 1.86. The summed E-state index contributed by atoms with van der Waals surface area (Å²) in [5.41, 5.74) is 0. The summed E-state index contributed by atoms with van der Waals surface area (Å²) in [6.45, 7) is 1.35. The van der Waals surface area contributed by atoms with Crippen molar-refractivity contribution in [2.75, 3.05) is 19.7 Å². The molecule has 0 radical (unpaired) electrons. The van der Waals surface area contributed by atoms with E-state index < -0.39 is 12.2 Å². The fourth-order valence-corrected chi connectivity index (χ4v) is 2.02. The number of aliphatic hydroxyl groups is 3. The Hall–Kier alpha value is -0.160. The maximum Gasteiger partial charge on any atom is 0.0988 e. The lowest BCUT2D eigenvalue weighted by atomic mass is 10.1. The second kappa shape index (κ2) is 3.53. The van der Waals surface area contributed by atoms with Crippen LogP contribution < -0.4 is 0 Å². The highest BCUT2D eigenvalue weighted by molar-refractivity contribution is 4.94. The van der Waals surface area contributed by atoms with Crippen molar-refractivity contribution < 1.29 is 15.3 Å². The van der Waals surface area contributed by atoms with Crippen LogP contribution in [0.15, 0.2) is 0 Å². The maximum absolute atomic E-state index is 9.51. The molecule has 1 unspecified atom stereocenters. The highest BCUT2D eigenvalue weighted by Crippen LogP contribution is 2.32. The minimum Gasteiger partial charge on any atom is -0.395 e. The third-order valence-corrected chi connectivity index (χ3v) is 3.06. The Balaban J connectivity index is 1.92. The van der Waals surface area contributed by atoms with Crippen LogP contribution >= 0.6 is 0 Å². The molecule has 0 aromatic rings. The molecule has 2 rings (SSSR count). The van der Waals surface area contributed by atoms with Gasteiger partial charge in [0, 0.05) is 13.1 Å². The Morgan fingerprint density at radius 2 is 1.92 bits per heavy atom. The van der Waals surface area contributed by atoms with E-state index in [1.54, 1.807) is 0 Å². The van der Waals surface area contributed by atoms with Crippen LogP contribution in [0.1, 0.15) is 12.8 Å². The van der Waals surface area contributed by atoms with Crippen LogP contribution in [-0.2, 0) is 0 Å². The van der Waals surface area contributed by atoms with Gasteiger partial charge in [0.1, 0.15) is 0 Å². The molecule has 4 nitrogen and oxygen atoms in total. The molecule has 2 aliphatic rings. The van der Waals surface area contributed by atoms with Gasteiger partial charge in [0.15, 0.2) is 0 Å². The van der Waals surface area contributed by atoms with E-state index in [0.717, 1.165) is 12.5 Å². The van der Waals surface area contributed by atoms with Crippen molar-refractivity contribution in [1.29, 1.82) is 0 Å². The van der Waals surface area contributed by atoms with Gasteiger partial charge in [0.05, 0.1) is 24.9 Å². The highest BCUT2D eigenvalue weighted by Gasteiger charge is 2.41. The van der Waals surface area contributed by atoms with E-state index in [1.165, 1.54) is 12.8 Å². The monoisotopic (exact) mass is 187 g/mol. The van der Waals surface area contributed by atoms with Crippen molar-refractivity contribution >= 4 is 0 Å². The number of rotatable bonds is 3. The molecule has 1 heterocycles. The molecule has 3 atom stereocenters. The molecule has 1 aliphatic heterocycles. The average Bonchev–Trinajstić information content (AvgIpc) is 2.84. The van der Waals surface area contributed by atoms with Gasteiger partial charge in [0.2, 0.25) is 0 Å². The molecule has 13 heavy (non-hydrogen) atoms. The van der Waals surface area contributed by atoms with E-state index in [4.69, 9.17) is 5.11 Å². The standard InChI is InChI=1S/C9H17NO3/c11-5-7-9(13)8(12)4-10(7)3-6-1-2-6/h6-9,11-13H,1-5H2/t7?,8-,9+/m1/s1. The lowest BCUT2D eigenvalue weighted by molar-refractivity contribution is 0.0213. The van der Waals surface area contributed by atoms with Gasteiger partial charge in [-0.2, -0.15) is 0 Å². The second-order valence-electron chi connectivity index (χ2n) is 4.21. The Morgan fingerprint density at radius 1 is 1.23 bits per heavy atom. The zero-order valence-electron chi connectivity index (χ0n) is 7.63. The second-order valence-corrected chi connectivity index (χ2v) is 4.21. The van der Waals surface area contributed by atoms with E-state index in [9.17, 15) is 10.2 Å². The molecule has 1 aliphatic carbocycles. The van der Waals surface area contributed by atoms with Crippen LogP contribution in [0.5, 0.6) is 0 Å². The molecular formula is C9H17NO3. The number of hydrogen-bond donors (Lipinski definition) is 3. The van der Waals surface area contributed by atoms with Gasteiger partial charge in [-0.15, -0.1) is 0 Å². The van der Waals surface area contributed by atoms with Gasteiger partial charge in [-0.05, 0) is 18.8 Å². The normalized spacial score (nSPS) is 41.3. The van der Waals surface area contributed by atoms with Gasteiger partial charge in [-0.25, -0.2) is 0 Å². The summed E-state index contributed by atoms with van der Waals surface area (Å²) in [6, 6.07) is -0.254. The Labute approximate surface area is 77.8 Å². The predicted molar refractivity (Wildman–Crippen MR) is 47.2 cm³/mol. The van der Waals surface area contributed by atoms with Crippen LogP contribution in [-0.4, -0.2) is 58.2 Å². The van der Waals surface area contributed by atoms with Crippen LogP contribution in [0.2, 0.25) is 0 Å². The molecule has 0 amide bonds. The molecule has 0 aromatic heterocycles.